The Labute approximate surface area is 185 Å². The van der Waals surface area contributed by atoms with E-state index in [0.717, 1.165) is 22.9 Å². The molecule has 0 unspecified atom stereocenters. The van der Waals surface area contributed by atoms with Crippen molar-refractivity contribution in [2.45, 2.75) is 39.7 Å². The minimum Gasteiger partial charge on any atom is -0.493 e. The van der Waals surface area contributed by atoms with Crippen LogP contribution in [0.3, 0.4) is 0 Å². The van der Waals surface area contributed by atoms with Crippen LogP contribution in [0.5, 0.6) is 11.5 Å². The maximum absolute atomic E-state index is 12.9. The lowest BCUT2D eigenvalue weighted by Crippen LogP contribution is -2.49. The van der Waals surface area contributed by atoms with E-state index in [1.165, 1.54) is 4.31 Å². The van der Waals surface area contributed by atoms with Gasteiger partial charge in [-0.1, -0.05) is 19.1 Å². The molecule has 2 rings (SSSR count). The zero-order valence-corrected chi connectivity index (χ0v) is 19.9. The average Bonchev–Trinajstić information content (AvgIpc) is 2.72. The number of amides is 1. The maximum Gasteiger partial charge on any atom is 0.243 e. The van der Waals surface area contributed by atoms with Gasteiger partial charge in [0.25, 0.3) is 0 Å². The number of rotatable bonds is 10. The number of carbonyl (C=O) groups excluding carboxylic acids is 1. The largest absolute Gasteiger partial charge is 0.493 e. The van der Waals surface area contributed by atoms with Crippen molar-refractivity contribution >= 4 is 21.6 Å². The van der Waals surface area contributed by atoms with Crippen molar-refractivity contribution in [3.8, 4) is 11.5 Å². The van der Waals surface area contributed by atoms with Gasteiger partial charge in [0, 0.05) is 6.54 Å². The van der Waals surface area contributed by atoms with Crippen LogP contribution in [0.15, 0.2) is 36.4 Å². The van der Waals surface area contributed by atoms with Crippen molar-refractivity contribution in [3.05, 3.63) is 53.1 Å². The molecule has 0 fully saturated rings. The molecule has 1 atom stereocenters. The zero-order chi connectivity index (χ0) is 23.2. The highest BCUT2D eigenvalue weighted by Crippen LogP contribution is 2.28. The predicted octanol–water partition coefficient (Wildman–Crippen LogP) is 3.22. The van der Waals surface area contributed by atoms with E-state index in [1.54, 1.807) is 33.3 Å². The van der Waals surface area contributed by atoms with Gasteiger partial charge in [-0.2, -0.15) is 0 Å². The summed E-state index contributed by atoms with van der Waals surface area (Å²) in [5.41, 5.74) is 3.49. The van der Waals surface area contributed by atoms with Gasteiger partial charge < -0.3 is 14.8 Å². The standard InChI is InChI=1S/C23H32N2O5S/c1-7-20(25(31(6,27)28)19-10-8-16(2)17(3)14-19)23(26)24-13-12-18-9-11-21(29-4)22(15-18)30-5/h8-11,14-15,20H,7,12-13H2,1-6H3,(H,24,26)/t20-/m0/s1. The van der Waals surface area contributed by atoms with Gasteiger partial charge in [-0.15, -0.1) is 0 Å². The van der Waals surface area contributed by atoms with Crippen LogP contribution in [-0.4, -0.2) is 47.4 Å². The highest BCUT2D eigenvalue weighted by atomic mass is 32.2. The van der Waals surface area contributed by atoms with E-state index in [-0.39, 0.29) is 5.91 Å². The Morgan fingerprint density at radius 2 is 1.71 bits per heavy atom. The Hall–Kier alpha value is -2.74. The van der Waals surface area contributed by atoms with Crippen LogP contribution in [0, 0.1) is 13.8 Å². The number of benzene rings is 2. The number of anilines is 1. The third kappa shape index (κ3) is 6.13. The molecule has 1 amide bonds. The molecule has 1 N–H and O–H groups in total. The fourth-order valence-electron chi connectivity index (χ4n) is 3.41. The van der Waals surface area contributed by atoms with Gasteiger partial charge in [-0.25, -0.2) is 8.42 Å². The van der Waals surface area contributed by atoms with Crippen LogP contribution in [0.1, 0.15) is 30.0 Å². The molecule has 31 heavy (non-hydrogen) atoms. The monoisotopic (exact) mass is 448 g/mol. The molecule has 2 aromatic carbocycles. The van der Waals surface area contributed by atoms with E-state index in [0.29, 0.717) is 36.6 Å². The van der Waals surface area contributed by atoms with Crippen LogP contribution in [0.4, 0.5) is 5.69 Å². The van der Waals surface area contributed by atoms with Crippen LogP contribution in [0.25, 0.3) is 0 Å². The van der Waals surface area contributed by atoms with Gasteiger partial charge in [-0.3, -0.25) is 9.10 Å². The third-order valence-electron chi connectivity index (χ3n) is 5.24. The van der Waals surface area contributed by atoms with Crippen molar-refractivity contribution in [1.82, 2.24) is 5.32 Å². The molecular formula is C23H32N2O5S. The fraction of sp³-hybridized carbons (Fsp3) is 0.435. The smallest absolute Gasteiger partial charge is 0.243 e. The quantitative estimate of drug-likeness (QED) is 0.603. The van der Waals surface area contributed by atoms with Crippen molar-refractivity contribution in [2.24, 2.45) is 0 Å². The highest BCUT2D eigenvalue weighted by molar-refractivity contribution is 7.92. The molecule has 8 heteroatoms. The minimum absolute atomic E-state index is 0.327. The number of sulfonamides is 1. The molecule has 0 saturated carbocycles. The number of hydrogen-bond donors (Lipinski definition) is 1. The van der Waals surface area contributed by atoms with Crippen molar-refractivity contribution < 1.29 is 22.7 Å². The molecule has 0 spiro atoms. The van der Waals surface area contributed by atoms with Gasteiger partial charge in [0.2, 0.25) is 15.9 Å². The molecular weight excluding hydrogens is 416 g/mol. The number of ether oxygens (including phenoxy) is 2. The number of nitrogens with zero attached hydrogens (tertiary/aromatic N) is 1. The van der Waals surface area contributed by atoms with Crippen LogP contribution < -0.4 is 19.1 Å². The number of hydrogen-bond acceptors (Lipinski definition) is 5. The second-order valence-electron chi connectivity index (χ2n) is 7.48. The third-order valence-corrected chi connectivity index (χ3v) is 6.42. The first-order valence-corrected chi connectivity index (χ1v) is 12.0. The minimum atomic E-state index is -3.66. The van der Waals surface area contributed by atoms with Crippen LogP contribution in [-0.2, 0) is 21.2 Å². The van der Waals surface area contributed by atoms with E-state index >= 15 is 0 Å². The fourth-order valence-corrected chi connectivity index (χ4v) is 4.61. The summed E-state index contributed by atoms with van der Waals surface area (Å²) in [5.74, 6) is 0.931. The molecule has 170 valence electrons. The van der Waals surface area contributed by atoms with Crippen LogP contribution in [0.2, 0.25) is 0 Å². The lowest BCUT2D eigenvalue weighted by molar-refractivity contribution is -0.122. The van der Waals surface area contributed by atoms with Crippen LogP contribution >= 0.6 is 0 Å². The first-order valence-electron chi connectivity index (χ1n) is 10.2. The zero-order valence-electron chi connectivity index (χ0n) is 19.1. The van der Waals surface area contributed by atoms with E-state index in [1.807, 2.05) is 38.1 Å². The Balaban J connectivity index is 2.16. The maximum atomic E-state index is 12.9. The van der Waals surface area contributed by atoms with E-state index in [9.17, 15) is 13.2 Å². The Morgan fingerprint density at radius 1 is 1.03 bits per heavy atom. The lowest BCUT2D eigenvalue weighted by Gasteiger charge is -2.30. The summed E-state index contributed by atoms with van der Waals surface area (Å²) < 4.78 is 36.9. The van der Waals surface area contributed by atoms with E-state index < -0.39 is 16.1 Å². The number of nitrogens with one attached hydrogen (secondary N) is 1. The highest BCUT2D eigenvalue weighted by Gasteiger charge is 2.31. The second kappa shape index (κ2) is 10.5. The molecule has 0 saturated heterocycles. The summed E-state index contributed by atoms with van der Waals surface area (Å²) in [5, 5.41) is 2.88. The Morgan fingerprint density at radius 3 is 2.26 bits per heavy atom. The van der Waals surface area contributed by atoms with Gasteiger partial charge in [0.1, 0.15) is 6.04 Å². The summed E-state index contributed by atoms with van der Waals surface area (Å²) >= 11 is 0. The van der Waals surface area contributed by atoms with Gasteiger partial charge in [0.05, 0.1) is 26.2 Å². The summed E-state index contributed by atoms with van der Waals surface area (Å²) in [6.07, 6.45) is 2.05. The van der Waals surface area contributed by atoms with E-state index in [4.69, 9.17) is 9.47 Å². The summed E-state index contributed by atoms with van der Waals surface area (Å²) in [4.78, 5) is 12.9. The van der Waals surface area contributed by atoms with Crippen molar-refractivity contribution in [2.75, 3.05) is 31.3 Å². The van der Waals surface area contributed by atoms with Crippen molar-refractivity contribution in [1.29, 1.82) is 0 Å². The molecule has 0 bridgehead atoms. The lowest BCUT2D eigenvalue weighted by atomic mass is 10.1. The Bertz CT molecular complexity index is 1020. The number of aryl methyl sites for hydroxylation is 2. The summed E-state index contributed by atoms with van der Waals surface area (Å²) in [6, 6.07) is 10.2. The second-order valence-corrected chi connectivity index (χ2v) is 9.34. The molecule has 2 aromatic rings. The molecule has 0 aliphatic heterocycles. The molecule has 0 radical (unpaired) electrons. The molecule has 0 aliphatic carbocycles. The molecule has 0 aromatic heterocycles. The molecule has 0 aliphatic rings. The SMILES string of the molecule is CC[C@@H](C(=O)NCCc1ccc(OC)c(OC)c1)N(c1ccc(C)c(C)c1)S(C)(=O)=O. The first kappa shape index (κ1) is 24.5. The molecule has 0 heterocycles. The average molecular weight is 449 g/mol. The van der Waals surface area contributed by atoms with Gasteiger partial charge in [-0.05, 0) is 67.6 Å². The van der Waals surface area contributed by atoms with E-state index in [2.05, 4.69) is 5.32 Å². The summed E-state index contributed by atoms with van der Waals surface area (Å²) in [7, 11) is -0.509. The normalized spacial score (nSPS) is 12.2. The molecule has 7 nitrogen and oxygen atoms in total. The summed E-state index contributed by atoms with van der Waals surface area (Å²) in [6.45, 7) is 6.05. The van der Waals surface area contributed by atoms with Gasteiger partial charge >= 0.3 is 0 Å². The topological polar surface area (TPSA) is 84.9 Å². The first-order chi connectivity index (χ1) is 14.6. The van der Waals surface area contributed by atoms with Crippen molar-refractivity contribution in [3.63, 3.8) is 0 Å². The predicted molar refractivity (Wildman–Crippen MR) is 124 cm³/mol. The number of methoxy groups -OCH3 is 2. The number of carbonyl (C=O) groups is 1. The Kier molecular flexibility index (Phi) is 8.33. The van der Waals surface area contributed by atoms with Gasteiger partial charge in [0.15, 0.2) is 11.5 Å².